The van der Waals surface area contributed by atoms with Crippen molar-refractivity contribution in [3.05, 3.63) is 57.6 Å². The molecule has 0 fully saturated rings. The number of rotatable bonds is 1. The van der Waals surface area contributed by atoms with E-state index in [-0.39, 0.29) is 6.02 Å². The van der Waals surface area contributed by atoms with Crippen molar-refractivity contribution in [2.45, 2.75) is 18.9 Å². The van der Waals surface area contributed by atoms with Crippen molar-refractivity contribution in [1.29, 1.82) is 0 Å². The zero-order valence-electron chi connectivity index (χ0n) is 12.1. The van der Waals surface area contributed by atoms with Crippen LogP contribution in [0.15, 0.2) is 45.9 Å². The van der Waals surface area contributed by atoms with Crippen molar-refractivity contribution in [2.75, 3.05) is 6.61 Å². The molecule has 1 unspecified atom stereocenters. The van der Waals surface area contributed by atoms with Gasteiger partial charge in [0, 0.05) is 15.6 Å². The summed E-state index contributed by atoms with van der Waals surface area (Å²) in [5, 5.41) is 0. The maximum absolute atomic E-state index is 6.07. The smallest absolute Gasteiger partial charge is 0.283 e. The van der Waals surface area contributed by atoms with E-state index in [1.54, 1.807) is 0 Å². The molecule has 1 atom stereocenters. The molecular formula is C17H15BrN2O2. The van der Waals surface area contributed by atoms with E-state index in [0.29, 0.717) is 6.61 Å². The summed E-state index contributed by atoms with van der Waals surface area (Å²) in [6, 6.07) is 12.4. The lowest BCUT2D eigenvalue weighted by molar-refractivity contribution is 0.264. The van der Waals surface area contributed by atoms with Gasteiger partial charge in [0.15, 0.2) is 5.54 Å². The lowest BCUT2D eigenvalue weighted by Gasteiger charge is -2.33. The third-order valence-electron chi connectivity index (χ3n) is 4.23. The third-order valence-corrected chi connectivity index (χ3v) is 4.73. The highest BCUT2D eigenvalue weighted by molar-refractivity contribution is 9.10. The first-order valence-electron chi connectivity index (χ1n) is 7.22. The fraction of sp³-hybridized carbons (Fsp3) is 0.235. The van der Waals surface area contributed by atoms with E-state index in [1.165, 1.54) is 5.56 Å². The van der Waals surface area contributed by atoms with Gasteiger partial charge in [0.25, 0.3) is 6.02 Å². The van der Waals surface area contributed by atoms with Crippen molar-refractivity contribution in [1.82, 2.24) is 0 Å². The highest BCUT2D eigenvalue weighted by Crippen LogP contribution is 2.51. The second-order valence-electron chi connectivity index (χ2n) is 5.53. The molecule has 1 spiro atoms. The summed E-state index contributed by atoms with van der Waals surface area (Å²) in [6.07, 6.45) is 0.953. The van der Waals surface area contributed by atoms with Crippen LogP contribution in [0.1, 0.15) is 23.6 Å². The van der Waals surface area contributed by atoms with Gasteiger partial charge < -0.3 is 15.2 Å². The van der Waals surface area contributed by atoms with Crippen LogP contribution in [0.25, 0.3) is 0 Å². The molecule has 2 N–H and O–H groups in total. The zero-order valence-corrected chi connectivity index (χ0v) is 13.7. The van der Waals surface area contributed by atoms with E-state index >= 15 is 0 Å². The minimum Gasteiger partial charge on any atom is -0.462 e. The average molecular weight is 359 g/mol. The number of nitrogens with two attached hydrogens (primary N) is 1. The molecule has 0 saturated carbocycles. The normalized spacial score (nSPS) is 21.6. The lowest BCUT2D eigenvalue weighted by Crippen LogP contribution is -2.31. The van der Waals surface area contributed by atoms with Crippen LogP contribution in [0.4, 0.5) is 0 Å². The standard InChI is InChI=1S/C17H15BrN2O2/c1-2-10-3-5-14-12(7-10)17(9-21-16(19)20-17)13-8-11(18)4-6-15(13)22-14/h3-8H,2,9H2,1H3,(H2,19,20). The molecule has 4 rings (SSSR count). The molecule has 2 aliphatic rings. The Labute approximate surface area is 137 Å². The number of hydrogen-bond acceptors (Lipinski definition) is 4. The number of aliphatic imine (C=N–C) groups is 1. The number of nitrogens with zero attached hydrogens (tertiary/aromatic N) is 1. The number of amidine groups is 1. The number of benzene rings is 2. The number of ether oxygens (including phenoxy) is 2. The molecule has 0 saturated heterocycles. The van der Waals surface area contributed by atoms with Gasteiger partial charge in [-0.25, -0.2) is 4.99 Å². The molecule has 0 aliphatic carbocycles. The van der Waals surface area contributed by atoms with Crippen molar-refractivity contribution in [2.24, 2.45) is 10.7 Å². The number of halogens is 1. The van der Waals surface area contributed by atoms with Crippen LogP contribution < -0.4 is 10.5 Å². The van der Waals surface area contributed by atoms with E-state index in [4.69, 9.17) is 15.2 Å². The first-order chi connectivity index (χ1) is 10.6. The van der Waals surface area contributed by atoms with Crippen molar-refractivity contribution in [3.63, 3.8) is 0 Å². The monoisotopic (exact) mass is 358 g/mol. The topological polar surface area (TPSA) is 56.8 Å². The van der Waals surface area contributed by atoms with Crippen LogP contribution in [0.5, 0.6) is 11.5 Å². The summed E-state index contributed by atoms with van der Waals surface area (Å²) in [6.45, 7) is 2.53. The molecule has 0 aromatic heterocycles. The Morgan fingerprint density at radius 2 is 1.91 bits per heavy atom. The molecular weight excluding hydrogens is 344 g/mol. The Balaban J connectivity index is 2.02. The summed E-state index contributed by atoms with van der Waals surface area (Å²) in [4.78, 5) is 4.65. The highest BCUT2D eigenvalue weighted by Gasteiger charge is 2.46. The van der Waals surface area contributed by atoms with Gasteiger partial charge in [-0.05, 0) is 42.3 Å². The fourth-order valence-electron chi connectivity index (χ4n) is 3.09. The SMILES string of the molecule is CCc1ccc2c(c1)C1(COC(N)=N1)c1cc(Br)ccc1O2. The van der Waals surface area contributed by atoms with Crippen LogP contribution in [-0.2, 0) is 16.7 Å². The van der Waals surface area contributed by atoms with Gasteiger partial charge in [0.05, 0.1) is 0 Å². The van der Waals surface area contributed by atoms with Gasteiger partial charge in [-0.15, -0.1) is 0 Å². The van der Waals surface area contributed by atoms with Crippen molar-refractivity contribution in [3.8, 4) is 11.5 Å². The molecule has 4 nitrogen and oxygen atoms in total. The molecule has 2 aromatic rings. The Kier molecular flexibility index (Phi) is 2.94. The molecule has 0 radical (unpaired) electrons. The first kappa shape index (κ1) is 13.6. The molecule has 0 bridgehead atoms. The molecule has 2 heterocycles. The van der Waals surface area contributed by atoms with Crippen molar-refractivity contribution >= 4 is 22.0 Å². The summed E-state index contributed by atoms with van der Waals surface area (Å²) in [5.74, 6) is 1.61. The fourth-order valence-corrected chi connectivity index (χ4v) is 3.46. The van der Waals surface area contributed by atoms with E-state index in [2.05, 4.69) is 40.0 Å². The molecule has 5 heteroatoms. The second-order valence-corrected chi connectivity index (χ2v) is 6.44. The van der Waals surface area contributed by atoms with Gasteiger partial charge in [-0.2, -0.15) is 0 Å². The van der Waals surface area contributed by atoms with E-state index in [1.807, 2.05) is 24.3 Å². The van der Waals surface area contributed by atoms with E-state index in [9.17, 15) is 0 Å². The van der Waals surface area contributed by atoms with Gasteiger partial charge in [-0.1, -0.05) is 28.9 Å². The molecule has 112 valence electrons. The summed E-state index contributed by atoms with van der Waals surface area (Å²) >= 11 is 3.53. The minimum absolute atomic E-state index is 0.223. The summed E-state index contributed by atoms with van der Waals surface area (Å²) in [5.41, 5.74) is 8.44. The van der Waals surface area contributed by atoms with Crippen LogP contribution in [0.2, 0.25) is 0 Å². The maximum atomic E-state index is 6.07. The Bertz CT molecular complexity index is 803. The van der Waals surface area contributed by atoms with Crippen molar-refractivity contribution < 1.29 is 9.47 Å². The quantitative estimate of drug-likeness (QED) is 0.845. The molecule has 22 heavy (non-hydrogen) atoms. The van der Waals surface area contributed by atoms with Crippen LogP contribution in [0, 0.1) is 0 Å². The van der Waals surface area contributed by atoms with Crippen LogP contribution in [0.3, 0.4) is 0 Å². The molecule has 2 aromatic carbocycles. The van der Waals surface area contributed by atoms with Gasteiger partial charge in [-0.3, -0.25) is 0 Å². The summed E-state index contributed by atoms with van der Waals surface area (Å²) in [7, 11) is 0. The second kappa shape index (κ2) is 4.74. The predicted octanol–water partition coefficient (Wildman–Crippen LogP) is 3.71. The number of fused-ring (bicyclic) bond motifs is 4. The minimum atomic E-state index is -0.623. The first-order valence-corrected chi connectivity index (χ1v) is 8.01. The van der Waals surface area contributed by atoms with Gasteiger partial charge in [0.1, 0.15) is 18.1 Å². The molecule has 2 aliphatic heterocycles. The zero-order chi connectivity index (χ0) is 15.3. The highest BCUT2D eigenvalue weighted by atomic mass is 79.9. The van der Waals surface area contributed by atoms with E-state index in [0.717, 1.165) is 33.5 Å². The van der Waals surface area contributed by atoms with Gasteiger partial charge >= 0.3 is 0 Å². The number of aryl methyl sites for hydroxylation is 1. The maximum Gasteiger partial charge on any atom is 0.283 e. The average Bonchev–Trinajstić information content (AvgIpc) is 2.91. The third kappa shape index (κ3) is 1.85. The number of hydrogen-bond donors (Lipinski definition) is 1. The lowest BCUT2D eigenvalue weighted by atomic mass is 9.81. The molecule has 0 amide bonds. The van der Waals surface area contributed by atoms with E-state index < -0.39 is 5.54 Å². The van der Waals surface area contributed by atoms with Crippen LogP contribution >= 0.6 is 15.9 Å². The predicted molar refractivity (Wildman–Crippen MR) is 88.4 cm³/mol. The Morgan fingerprint density at radius 1 is 1.18 bits per heavy atom. The Morgan fingerprint density at radius 3 is 2.59 bits per heavy atom. The van der Waals surface area contributed by atoms with Gasteiger partial charge in [0.2, 0.25) is 0 Å². The largest absolute Gasteiger partial charge is 0.462 e. The van der Waals surface area contributed by atoms with Crippen LogP contribution in [-0.4, -0.2) is 12.6 Å². The Hall–Kier alpha value is -2.01. The summed E-state index contributed by atoms with van der Waals surface area (Å²) < 4.78 is 12.6.